The van der Waals surface area contributed by atoms with Gasteiger partial charge in [-0.3, -0.25) is 9.20 Å². The molecule has 1 amide bonds. The fourth-order valence-corrected chi connectivity index (χ4v) is 2.59. The Kier molecular flexibility index (Phi) is 4.96. The number of pyridine rings is 1. The number of aromatic nitrogens is 3. The van der Waals surface area contributed by atoms with E-state index in [2.05, 4.69) is 15.5 Å². The molecule has 0 spiro atoms. The summed E-state index contributed by atoms with van der Waals surface area (Å²) in [5.41, 5.74) is -2.04. The Morgan fingerprint density at radius 2 is 1.61 bits per heavy atom. The third kappa shape index (κ3) is 4.03. The van der Waals surface area contributed by atoms with E-state index in [1.54, 1.807) is 0 Å². The average molecular weight is 423 g/mol. The first-order valence-electron chi connectivity index (χ1n) is 7.52. The van der Waals surface area contributed by atoms with Crippen LogP contribution in [0.5, 0.6) is 0 Å². The Labute approximate surface area is 157 Å². The normalized spacial score (nSPS) is 12.4. The fraction of sp³-hybridized carbons (Fsp3) is 0.188. The molecular formula is C16H9ClF6N4O. The summed E-state index contributed by atoms with van der Waals surface area (Å²) >= 11 is 5.79. The van der Waals surface area contributed by atoms with Crippen molar-refractivity contribution in [1.82, 2.24) is 19.9 Å². The Bertz CT molecular complexity index is 1030. The van der Waals surface area contributed by atoms with Gasteiger partial charge in [-0.15, -0.1) is 10.2 Å². The first-order valence-corrected chi connectivity index (χ1v) is 7.90. The number of hydrogen-bond acceptors (Lipinski definition) is 3. The molecule has 0 saturated heterocycles. The molecule has 0 saturated carbocycles. The molecular weight excluding hydrogens is 414 g/mol. The van der Waals surface area contributed by atoms with Gasteiger partial charge in [0, 0.05) is 11.8 Å². The van der Waals surface area contributed by atoms with Crippen LogP contribution in [0.3, 0.4) is 0 Å². The molecule has 0 aliphatic rings. The van der Waals surface area contributed by atoms with Gasteiger partial charge in [-0.2, -0.15) is 26.3 Å². The van der Waals surface area contributed by atoms with E-state index in [9.17, 15) is 31.1 Å². The van der Waals surface area contributed by atoms with Crippen LogP contribution < -0.4 is 5.32 Å². The van der Waals surface area contributed by atoms with Crippen molar-refractivity contribution in [3.05, 3.63) is 64.1 Å². The van der Waals surface area contributed by atoms with Crippen LogP contribution in [0.4, 0.5) is 26.3 Å². The SMILES string of the molecule is O=C(NCc1nnc2c(Cl)cc(C(F)(F)F)cn12)c1ccc(C(F)(F)F)cc1. The van der Waals surface area contributed by atoms with Gasteiger partial charge >= 0.3 is 12.4 Å². The number of rotatable bonds is 3. The third-order valence-electron chi connectivity index (χ3n) is 3.74. The highest BCUT2D eigenvalue weighted by molar-refractivity contribution is 6.33. The number of alkyl halides is 6. The maximum Gasteiger partial charge on any atom is 0.417 e. The lowest BCUT2D eigenvalue weighted by molar-refractivity contribution is -0.138. The molecule has 0 aliphatic heterocycles. The zero-order valence-corrected chi connectivity index (χ0v) is 14.3. The molecule has 3 aromatic rings. The van der Waals surface area contributed by atoms with Crippen LogP contribution in [0.25, 0.3) is 5.65 Å². The highest BCUT2D eigenvalue weighted by Gasteiger charge is 2.32. The van der Waals surface area contributed by atoms with E-state index >= 15 is 0 Å². The summed E-state index contributed by atoms with van der Waals surface area (Å²) in [6.45, 7) is -0.321. The van der Waals surface area contributed by atoms with E-state index in [-0.39, 0.29) is 28.6 Å². The molecule has 5 nitrogen and oxygen atoms in total. The van der Waals surface area contributed by atoms with E-state index in [1.807, 2.05) is 0 Å². The monoisotopic (exact) mass is 422 g/mol. The Balaban J connectivity index is 1.80. The molecule has 148 valence electrons. The molecule has 0 fully saturated rings. The molecule has 0 aliphatic carbocycles. The lowest BCUT2D eigenvalue weighted by atomic mass is 10.1. The largest absolute Gasteiger partial charge is 0.417 e. The van der Waals surface area contributed by atoms with Crippen LogP contribution in [-0.4, -0.2) is 20.5 Å². The summed E-state index contributed by atoms with van der Waals surface area (Å²) in [5.74, 6) is -0.771. The summed E-state index contributed by atoms with van der Waals surface area (Å²) in [6, 6.07) is 4.17. The Hall–Kier alpha value is -2.82. The Morgan fingerprint density at radius 1 is 1.00 bits per heavy atom. The summed E-state index contributed by atoms with van der Waals surface area (Å²) in [7, 11) is 0. The zero-order valence-electron chi connectivity index (χ0n) is 13.6. The van der Waals surface area contributed by atoms with Crippen LogP contribution in [0.2, 0.25) is 5.02 Å². The van der Waals surface area contributed by atoms with Crippen molar-refractivity contribution in [2.24, 2.45) is 0 Å². The highest BCUT2D eigenvalue weighted by atomic mass is 35.5. The van der Waals surface area contributed by atoms with Crippen molar-refractivity contribution in [2.45, 2.75) is 18.9 Å². The number of carbonyl (C=O) groups excluding carboxylic acids is 1. The predicted octanol–water partition coefficient (Wildman–Crippen LogP) is 4.35. The van der Waals surface area contributed by atoms with Crippen LogP contribution in [0.15, 0.2) is 36.5 Å². The minimum atomic E-state index is -4.65. The van der Waals surface area contributed by atoms with Gasteiger partial charge in [0.05, 0.1) is 22.7 Å². The topological polar surface area (TPSA) is 59.3 Å². The second kappa shape index (κ2) is 6.97. The standard InChI is InChI=1S/C16H9ClF6N4O/c17-11-5-10(16(21,22)23)7-27-12(25-26-13(11)27)6-24-14(28)8-1-3-9(4-2-8)15(18,19)20/h1-5,7H,6H2,(H,24,28). The Morgan fingerprint density at radius 3 is 2.18 bits per heavy atom. The van der Waals surface area contributed by atoms with Crippen LogP contribution in [-0.2, 0) is 18.9 Å². The molecule has 1 N–H and O–H groups in total. The molecule has 0 bridgehead atoms. The van der Waals surface area contributed by atoms with Crippen LogP contribution in [0, 0.1) is 0 Å². The number of carbonyl (C=O) groups is 1. The first-order chi connectivity index (χ1) is 13.0. The molecule has 0 atom stereocenters. The lowest BCUT2D eigenvalue weighted by Gasteiger charge is -2.10. The maximum absolute atomic E-state index is 12.9. The van der Waals surface area contributed by atoms with Crippen molar-refractivity contribution in [1.29, 1.82) is 0 Å². The molecule has 0 radical (unpaired) electrons. The molecule has 0 unspecified atom stereocenters. The van der Waals surface area contributed by atoms with Crippen molar-refractivity contribution in [3.8, 4) is 0 Å². The molecule has 28 heavy (non-hydrogen) atoms. The minimum absolute atomic E-state index is 0.0338. The van der Waals surface area contributed by atoms with Gasteiger partial charge in [0.25, 0.3) is 5.91 Å². The van der Waals surface area contributed by atoms with Gasteiger partial charge in [0.2, 0.25) is 0 Å². The molecule has 2 aromatic heterocycles. The summed E-state index contributed by atoms with van der Waals surface area (Å²) < 4.78 is 77.4. The lowest BCUT2D eigenvalue weighted by Crippen LogP contribution is -2.24. The van der Waals surface area contributed by atoms with Crippen LogP contribution >= 0.6 is 11.6 Å². The number of nitrogens with one attached hydrogen (secondary N) is 1. The summed E-state index contributed by atoms with van der Waals surface area (Å²) in [6.07, 6.45) is -8.45. The van der Waals surface area contributed by atoms with E-state index in [1.165, 1.54) is 0 Å². The van der Waals surface area contributed by atoms with E-state index < -0.39 is 29.4 Å². The van der Waals surface area contributed by atoms with E-state index in [0.29, 0.717) is 6.07 Å². The summed E-state index contributed by atoms with van der Waals surface area (Å²) in [4.78, 5) is 12.1. The van der Waals surface area contributed by atoms with Gasteiger partial charge in [0.1, 0.15) is 0 Å². The number of halogens is 7. The van der Waals surface area contributed by atoms with Gasteiger partial charge in [-0.05, 0) is 30.3 Å². The van der Waals surface area contributed by atoms with Gasteiger partial charge in [-0.1, -0.05) is 11.6 Å². The van der Waals surface area contributed by atoms with E-state index in [0.717, 1.165) is 34.9 Å². The quantitative estimate of drug-likeness (QED) is 0.638. The number of benzene rings is 1. The second-order valence-electron chi connectivity index (χ2n) is 5.64. The molecule has 2 heterocycles. The fourth-order valence-electron chi connectivity index (χ4n) is 2.35. The molecule has 1 aromatic carbocycles. The summed E-state index contributed by atoms with van der Waals surface area (Å²) in [5, 5.41) is 9.44. The van der Waals surface area contributed by atoms with Crippen molar-refractivity contribution in [3.63, 3.8) is 0 Å². The molecule has 12 heteroatoms. The number of hydrogen-bond donors (Lipinski definition) is 1. The van der Waals surface area contributed by atoms with Gasteiger partial charge in [0.15, 0.2) is 11.5 Å². The van der Waals surface area contributed by atoms with Gasteiger partial charge in [-0.25, -0.2) is 0 Å². The molecule has 3 rings (SSSR count). The van der Waals surface area contributed by atoms with E-state index in [4.69, 9.17) is 11.6 Å². The number of fused-ring (bicyclic) bond motifs is 1. The minimum Gasteiger partial charge on any atom is -0.345 e. The zero-order chi connectivity index (χ0) is 20.7. The first kappa shape index (κ1) is 19.9. The van der Waals surface area contributed by atoms with Crippen molar-refractivity contribution in [2.75, 3.05) is 0 Å². The van der Waals surface area contributed by atoms with Crippen molar-refractivity contribution < 1.29 is 31.1 Å². The number of amides is 1. The smallest absolute Gasteiger partial charge is 0.345 e. The maximum atomic E-state index is 12.9. The predicted molar refractivity (Wildman–Crippen MR) is 85.6 cm³/mol. The number of nitrogens with zero attached hydrogens (tertiary/aromatic N) is 3. The second-order valence-corrected chi connectivity index (χ2v) is 6.05. The average Bonchev–Trinajstić information content (AvgIpc) is 3.02. The van der Waals surface area contributed by atoms with Gasteiger partial charge < -0.3 is 5.32 Å². The van der Waals surface area contributed by atoms with Crippen LogP contribution in [0.1, 0.15) is 27.3 Å². The third-order valence-corrected chi connectivity index (χ3v) is 4.02. The van der Waals surface area contributed by atoms with Crippen molar-refractivity contribution >= 4 is 23.2 Å². The highest BCUT2D eigenvalue weighted by Crippen LogP contribution is 2.32.